The summed E-state index contributed by atoms with van der Waals surface area (Å²) in [5, 5.41) is 0.608. The Morgan fingerprint density at radius 1 is 1.12 bits per heavy atom. The Balaban J connectivity index is 1.91. The number of hydrazine groups is 1. The summed E-state index contributed by atoms with van der Waals surface area (Å²) >= 11 is 15.2. The Morgan fingerprint density at radius 3 is 2.50 bits per heavy atom. The van der Waals surface area contributed by atoms with E-state index in [1.165, 1.54) is 18.2 Å². The maximum absolute atomic E-state index is 12.0. The van der Waals surface area contributed by atoms with Crippen molar-refractivity contribution in [3.63, 3.8) is 0 Å². The van der Waals surface area contributed by atoms with Gasteiger partial charge in [-0.05, 0) is 47.9 Å². The van der Waals surface area contributed by atoms with Crippen LogP contribution in [0.2, 0.25) is 10.0 Å². The highest BCUT2D eigenvalue weighted by Crippen LogP contribution is 2.29. The normalized spacial score (nSPS) is 10.5. The number of carbonyl (C=O) groups excluding carboxylic acids is 2. The first-order chi connectivity index (χ1) is 12.3. The first kappa shape index (κ1) is 20.6. The van der Waals surface area contributed by atoms with Crippen molar-refractivity contribution in [2.75, 3.05) is 6.61 Å². The smallest absolute Gasteiger partial charge is 0.276 e. The molecule has 0 radical (unpaired) electrons. The number of hydrogen-bond acceptors (Lipinski definition) is 3. The van der Waals surface area contributed by atoms with E-state index in [1.54, 1.807) is 6.07 Å². The Bertz CT molecular complexity index is 828. The van der Waals surface area contributed by atoms with Crippen molar-refractivity contribution < 1.29 is 14.3 Å². The molecule has 0 atom stereocenters. The van der Waals surface area contributed by atoms with E-state index in [0.29, 0.717) is 10.8 Å². The molecule has 2 rings (SSSR count). The van der Waals surface area contributed by atoms with Crippen LogP contribution in [0.3, 0.4) is 0 Å². The number of benzene rings is 2. The number of halogens is 3. The molecule has 0 heterocycles. The topological polar surface area (TPSA) is 67.4 Å². The number of ether oxygens (including phenoxy) is 1. The largest absolute Gasteiger partial charge is 0.483 e. The molecule has 26 heavy (non-hydrogen) atoms. The molecule has 2 amide bonds. The molecule has 0 aromatic heterocycles. The summed E-state index contributed by atoms with van der Waals surface area (Å²) in [6.07, 6.45) is 0. The monoisotopic (exact) mass is 458 g/mol. The molecule has 0 unspecified atom stereocenters. The number of carbonyl (C=O) groups is 2. The minimum Gasteiger partial charge on any atom is -0.483 e. The highest BCUT2D eigenvalue weighted by molar-refractivity contribution is 9.10. The van der Waals surface area contributed by atoms with Gasteiger partial charge >= 0.3 is 0 Å². The minimum atomic E-state index is -0.550. The van der Waals surface area contributed by atoms with E-state index in [-0.39, 0.29) is 23.1 Å². The van der Waals surface area contributed by atoms with Crippen molar-refractivity contribution in [1.82, 2.24) is 10.9 Å². The van der Waals surface area contributed by atoms with Crippen LogP contribution < -0.4 is 15.6 Å². The summed E-state index contributed by atoms with van der Waals surface area (Å²) in [5.74, 6) is -0.199. The predicted molar refractivity (Wildman–Crippen MR) is 106 cm³/mol. The zero-order valence-electron chi connectivity index (χ0n) is 14.1. The summed E-state index contributed by atoms with van der Waals surface area (Å²) in [7, 11) is 0. The van der Waals surface area contributed by atoms with Crippen molar-refractivity contribution in [3.8, 4) is 5.75 Å². The summed E-state index contributed by atoms with van der Waals surface area (Å²) in [6, 6.07) is 10.0. The van der Waals surface area contributed by atoms with Gasteiger partial charge in [0.15, 0.2) is 6.61 Å². The number of nitrogens with one attached hydrogen (secondary N) is 2. The lowest BCUT2D eigenvalue weighted by atomic mass is 10.0. The first-order valence-corrected chi connectivity index (χ1v) is 9.29. The molecular formula is C18H17BrCl2N2O3. The molecule has 5 nitrogen and oxygen atoms in total. The average molecular weight is 460 g/mol. The zero-order chi connectivity index (χ0) is 19.3. The molecule has 138 valence electrons. The molecule has 0 spiro atoms. The van der Waals surface area contributed by atoms with Crippen LogP contribution >= 0.6 is 39.1 Å². The third-order valence-electron chi connectivity index (χ3n) is 3.44. The summed E-state index contributed by atoms with van der Waals surface area (Å²) < 4.78 is 6.50. The highest BCUT2D eigenvalue weighted by atomic mass is 79.9. The second-order valence-corrected chi connectivity index (χ2v) is 7.51. The second kappa shape index (κ2) is 9.26. The predicted octanol–water partition coefficient (Wildman–Crippen LogP) is 4.72. The van der Waals surface area contributed by atoms with Gasteiger partial charge in [0, 0.05) is 9.50 Å². The van der Waals surface area contributed by atoms with Crippen LogP contribution in [0.5, 0.6) is 5.75 Å². The summed E-state index contributed by atoms with van der Waals surface area (Å²) in [6.45, 7) is 3.82. The number of amides is 2. The number of rotatable bonds is 5. The lowest BCUT2D eigenvalue weighted by molar-refractivity contribution is -0.123. The molecule has 0 aliphatic rings. The van der Waals surface area contributed by atoms with Crippen molar-refractivity contribution in [3.05, 3.63) is 62.0 Å². The van der Waals surface area contributed by atoms with Gasteiger partial charge < -0.3 is 4.74 Å². The second-order valence-electron chi connectivity index (χ2n) is 5.75. The molecule has 0 aliphatic heterocycles. The molecule has 2 N–H and O–H groups in total. The molecule has 2 aromatic rings. The van der Waals surface area contributed by atoms with E-state index in [1.807, 2.05) is 26.0 Å². The fourth-order valence-corrected chi connectivity index (χ4v) is 3.02. The Morgan fingerprint density at radius 2 is 1.85 bits per heavy atom. The zero-order valence-corrected chi connectivity index (χ0v) is 17.2. The molecule has 8 heteroatoms. The number of hydrogen-bond donors (Lipinski definition) is 2. The third kappa shape index (κ3) is 5.62. The van der Waals surface area contributed by atoms with Crippen LogP contribution in [-0.4, -0.2) is 18.4 Å². The average Bonchev–Trinajstić information content (AvgIpc) is 2.58. The van der Waals surface area contributed by atoms with E-state index in [0.717, 1.165) is 10.0 Å². The maximum atomic E-state index is 12.0. The molecule has 0 saturated heterocycles. The fraction of sp³-hybridized carbons (Fsp3) is 0.222. The molecule has 2 aromatic carbocycles. The van der Waals surface area contributed by atoms with Crippen LogP contribution in [0.4, 0.5) is 0 Å². The standard InChI is InChI=1S/C18H17BrCl2N2O3/c1-10(2)14-7-11(19)3-6-16(14)26-9-17(24)22-23-18(25)13-5-4-12(20)8-15(13)21/h3-8,10H,9H2,1-2H3,(H,22,24)(H,23,25). The summed E-state index contributed by atoms with van der Waals surface area (Å²) in [4.78, 5) is 24.0. The lowest BCUT2D eigenvalue weighted by Gasteiger charge is -2.14. The van der Waals surface area contributed by atoms with Crippen LogP contribution in [-0.2, 0) is 4.79 Å². The van der Waals surface area contributed by atoms with Gasteiger partial charge in [-0.3, -0.25) is 20.4 Å². The van der Waals surface area contributed by atoms with Gasteiger partial charge in [-0.1, -0.05) is 53.0 Å². The van der Waals surface area contributed by atoms with Crippen LogP contribution in [0.15, 0.2) is 40.9 Å². The van der Waals surface area contributed by atoms with Crippen molar-refractivity contribution in [2.24, 2.45) is 0 Å². The van der Waals surface area contributed by atoms with Crippen LogP contribution in [0, 0.1) is 0 Å². The van der Waals surface area contributed by atoms with Crippen molar-refractivity contribution >= 4 is 50.9 Å². The Kier molecular flexibility index (Phi) is 7.32. The van der Waals surface area contributed by atoms with E-state index >= 15 is 0 Å². The van der Waals surface area contributed by atoms with E-state index in [4.69, 9.17) is 27.9 Å². The lowest BCUT2D eigenvalue weighted by Crippen LogP contribution is -2.44. The van der Waals surface area contributed by atoms with Gasteiger partial charge in [0.1, 0.15) is 5.75 Å². The van der Waals surface area contributed by atoms with Gasteiger partial charge in [0.25, 0.3) is 11.8 Å². The molecule has 0 saturated carbocycles. The Labute approximate surface area is 170 Å². The van der Waals surface area contributed by atoms with Gasteiger partial charge in [-0.15, -0.1) is 0 Å². The van der Waals surface area contributed by atoms with E-state index in [2.05, 4.69) is 26.8 Å². The first-order valence-electron chi connectivity index (χ1n) is 7.74. The van der Waals surface area contributed by atoms with Gasteiger partial charge in [0.2, 0.25) is 0 Å². The van der Waals surface area contributed by atoms with E-state index in [9.17, 15) is 9.59 Å². The molecule has 0 aliphatic carbocycles. The quantitative estimate of drug-likeness (QED) is 0.635. The fourth-order valence-electron chi connectivity index (χ4n) is 2.15. The Hall–Kier alpha value is -1.76. The van der Waals surface area contributed by atoms with Crippen molar-refractivity contribution in [1.29, 1.82) is 0 Å². The molecular weight excluding hydrogens is 443 g/mol. The highest BCUT2D eigenvalue weighted by Gasteiger charge is 2.13. The molecule has 0 bridgehead atoms. The van der Waals surface area contributed by atoms with Crippen LogP contribution in [0.1, 0.15) is 35.7 Å². The SMILES string of the molecule is CC(C)c1cc(Br)ccc1OCC(=O)NNC(=O)c1ccc(Cl)cc1Cl. The van der Waals surface area contributed by atoms with Gasteiger partial charge in [-0.2, -0.15) is 0 Å². The maximum Gasteiger partial charge on any atom is 0.276 e. The van der Waals surface area contributed by atoms with Crippen LogP contribution in [0.25, 0.3) is 0 Å². The third-order valence-corrected chi connectivity index (χ3v) is 4.48. The van der Waals surface area contributed by atoms with Gasteiger partial charge in [0.05, 0.1) is 10.6 Å². The minimum absolute atomic E-state index is 0.192. The van der Waals surface area contributed by atoms with E-state index < -0.39 is 11.8 Å². The summed E-state index contributed by atoms with van der Waals surface area (Å²) in [5.41, 5.74) is 5.75. The van der Waals surface area contributed by atoms with Crippen molar-refractivity contribution in [2.45, 2.75) is 19.8 Å². The van der Waals surface area contributed by atoms with Gasteiger partial charge in [-0.25, -0.2) is 0 Å². The molecule has 0 fully saturated rings.